The van der Waals surface area contributed by atoms with Crippen molar-refractivity contribution in [1.82, 2.24) is 15.1 Å². The van der Waals surface area contributed by atoms with Crippen LogP contribution in [-0.4, -0.2) is 40.2 Å². The molecule has 1 aliphatic carbocycles. The van der Waals surface area contributed by atoms with Crippen molar-refractivity contribution < 1.29 is 18.4 Å². The van der Waals surface area contributed by atoms with Crippen molar-refractivity contribution in [3.8, 4) is 0 Å². The van der Waals surface area contributed by atoms with Crippen LogP contribution in [0.3, 0.4) is 0 Å². The summed E-state index contributed by atoms with van der Waals surface area (Å²) in [6, 6.07) is 1.81. The Morgan fingerprint density at radius 1 is 1.24 bits per heavy atom. The van der Waals surface area contributed by atoms with Crippen LogP contribution in [0.15, 0.2) is 21.2 Å². The molecule has 0 bridgehead atoms. The molecule has 2 aromatic heterocycles. The largest absolute Gasteiger partial charge is 0.459 e. The molecular formula is C18H21N3O4. The Kier molecular flexibility index (Phi) is 3.45. The van der Waals surface area contributed by atoms with Crippen molar-refractivity contribution in [2.75, 3.05) is 13.1 Å². The number of piperidine rings is 1. The second kappa shape index (κ2) is 5.69. The number of amides is 1. The molecule has 25 heavy (non-hydrogen) atoms. The molecule has 0 aromatic carbocycles. The smallest absolute Gasteiger partial charge is 0.289 e. The van der Waals surface area contributed by atoms with Crippen molar-refractivity contribution in [3.63, 3.8) is 0 Å². The van der Waals surface area contributed by atoms with E-state index in [9.17, 15) is 4.79 Å². The van der Waals surface area contributed by atoms with E-state index < -0.39 is 0 Å². The monoisotopic (exact) mass is 343 g/mol. The fourth-order valence-electron chi connectivity index (χ4n) is 3.88. The number of fused-ring (bicyclic) bond motifs is 1. The Balaban J connectivity index is 1.27. The Labute approximate surface area is 145 Å². The highest BCUT2D eigenvalue weighted by atomic mass is 16.5. The van der Waals surface area contributed by atoms with Gasteiger partial charge in [-0.1, -0.05) is 0 Å². The van der Waals surface area contributed by atoms with Gasteiger partial charge in [-0.3, -0.25) is 4.79 Å². The van der Waals surface area contributed by atoms with Gasteiger partial charge in [-0.15, -0.1) is 10.2 Å². The van der Waals surface area contributed by atoms with E-state index in [2.05, 4.69) is 10.2 Å². The summed E-state index contributed by atoms with van der Waals surface area (Å²) >= 11 is 0. The van der Waals surface area contributed by atoms with E-state index >= 15 is 0 Å². The van der Waals surface area contributed by atoms with E-state index in [-0.39, 0.29) is 18.1 Å². The number of hydrogen-bond donors (Lipinski definition) is 0. The van der Waals surface area contributed by atoms with Crippen LogP contribution in [0.1, 0.15) is 65.6 Å². The predicted octanol–water partition coefficient (Wildman–Crippen LogP) is 2.84. The first-order valence-corrected chi connectivity index (χ1v) is 9.01. The van der Waals surface area contributed by atoms with Crippen LogP contribution < -0.4 is 0 Å². The van der Waals surface area contributed by atoms with Gasteiger partial charge in [0.25, 0.3) is 5.91 Å². The normalized spacial score (nSPS) is 29.0. The molecule has 2 aromatic rings. The Hall–Kier alpha value is -2.15. The lowest BCUT2D eigenvalue weighted by Gasteiger charge is -2.33. The highest BCUT2D eigenvalue weighted by molar-refractivity contribution is 5.92. The summed E-state index contributed by atoms with van der Waals surface area (Å²) in [6.07, 6.45) is 5.53. The van der Waals surface area contributed by atoms with Crippen LogP contribution in [0, 0.1) is 12.8 Å². The first-order valence-electron chi connectivity index (χ1n) is 9.01. The standard InChI is InChI=1S/C18H21N3O4/c1-10-5-7-23-15(10)18(22)21-6-4-12-8-13(24-14(12)9-21)17-20-19-16(25-17)11-2-3-11/h5,7,11-14H,2-4,6,8-9H2,1H3/t12-,13+,14+/m0/s1. The van der Waals surface area contributed by atoms with E-state index in [0.717, 1.165) is 43.7 Å². The maximum Gasteiger partial charge on any atom is 0.289 e. The number of carbonyl (C=O) groups excluding carboxylic acids is 1. The third-order valence-electron chi connectivity index (χ3n) is 5.55. The molecule has 1 amide bonds. The van der Waals surface area contributed by atoms with Crippen molar-refractivity contribution >= 4 is 5.91 Å². The first kappa shape index (κ1) is 15.1. The van der Waals surface area contributed by atoms with Gasteiger partial charge >= 0.3 is 0 Å². The van der Waals surface area contributed by atoms with Gasteiger partial charge in [-0.2, -0.15) is 0 Å². The molecular weight excluding hydrogens is 322 g/mol. The molecule has 7 heteroatoms. The molecule has 1 saturated carbocycles. The average Bonchev–Trinajstić information content (AvgIpc) is 3.03. The molecule has 2 aliphatic heterocycles. The zero-order valence-corrected chi connectivity index (χ0v) is 14.2. The van der Waals surface area contributed by atoms with Gasteiger partial charge in [-0.25, -0.2) is 0 Å². The number of hydrogen-bond acceptors (Lipinski definition) is 6. The maximum absolute atomic E-state index is 12.6. The van der Waals surface area contributed by atoms with E-state index in [0.29, 0.717) is 30.0 Å². The fourth-order valence-corrected chi connectivity index (χ4v) is 3.88. The van der Waals surface area contributed by atoms with Crippen molar-refractivity contribution in [2.45, 2.75) is 50.7 Å². The minimum absolute atomic E-state index is 0.0224. The second-order valence-corrected chi connectivity index (χ2v) is 7.38. The van der Waals surface area contributed by atoms with Gasteiger partial charge in [-0.05, 0) is 44.6 Å². The zero-order valence-electron chi connectivity index (χ0n) is 14.2. The minimum Gasteiger partial charge on any atom is -0.459 e. The van der Waals surface area contributed by atoms with Crippen LogP contribution in [0.2, 0.25) is 0 Å². The lowest BCUT2D eigenvalue weighted by Crippen LogP contribution is -2.45. The molecule has 0 unspecified atom stereocenters. The molecule has 0 N–H and O–H groups in total. The Bertz CT molecular complexity index is 794. The number of aromatic nitrogens is 2. The average molecular weight is 343 g/mol. The molecule has 5 rings (SSSR count). The Morgan fingerprint density at radius 2 is 2.08 bits per heavy atom. The van der Waals surface area contributed by atoms with Crippen LogP contribution in [0.25, 0.3) is 0 Å². The van der Waals surface area contributed by atoms with Gasteiger partial charge in [0.1, 0.15) is 6.10 Å². The van der Waals surface area contributed by atoms with Gasteiger partial charge in [0.2, 0.25) is 11.8 Å². The summed E-state index contributed by atoms with van der Waals surface area (Å²) in [4.78, 5) is 14.5. The SMILES string of the molecule is Cc1ccoc1C(=O)N1CC[C@H]2C[C@H](c3nnc(C4CC4)o3)O[C@@H]2C1. The molecule has 2 saturated heterocycles. The quantitative estimate of drug-likeness (QED) is 0.852. The summed E-state index contributed by atoms with van der Waals surface area (Å²) in [5.41, 5.74) is 0.871. The summed E-state index contributed by atoms with van der Waals surface area (Å²) < 4.78 is 17.3. The van der Waals surface area contributed by atoms with Gasteiger partial charge in [0, 0.05) is 24.6 Å². The number of nitrogens with zero attached hydrogens (tertiary/aromatic N) is 3. The number of likely N-dealkylation sites (tertiary alicyclic amines) is 1. The van der Waals surface area contributed by atoms with E-state index in [1.165, 1.54) is 0 Å². The number of carbonyl (C=O) groups is 1. The molecule has 3 atom stereocenters. The third kappa shape index (κ3) is 2.66. The van der Waals surface area contributed by atoms with E-state index in [1.807, 2.05) is 17.9 Å². The summed E-state index contributed by atoms with van der Waals surface area (Å²) in [7, 11) is 0. The van der Waals surface area contributed by atoms with Gasteiger partial charge < -0.3 is 18.5 Å². The maximum atomic E-state index is 12.6. The molecule has 0 radical (unpaired) electrons. The second-order valence-electron chi connectivity index (χ2n) is 7.38. The van der Waals surface area contributed by atoms with E-state index in [4.69, 9.17) is 13.6 Å². The number of furan rings is 1. The van der Waals surface area contributed by atoms with Crippen LogP contribution >= 0.6 is 0 Å². The van der Waals surface area contributed by atoms with Gasteiger partial charge in [0.15, 0.2) is 5.76 Å². The zero-order chi connectivity index (χ0) is 17.0. The minimum atomic E-state index is -0.143. The molecule has 3 fully saturated rings. The lowest BCUT2D eigenvalue weighted by molar-refractivity contribution is -0.0131. The van der Waals surface area contributed by atoms with Crippen molar-refractivity contribution in [2.24, 2.45) is 5.92 Å². The highest BCUT2D eigenvalue weighted by Crippen LogP contribution is 2.43. The van der Waals surface area contributed by atoms with Gasteiger partial charge in [0.05, 0.1) is 12.4 Å². The highest BCUT2D eigenvalue weighted by Gasteiger charge is 2.43. The molecule has 132 valence electrons. The predicted molar refractivity (Wildman–Crippen MR) is 86.0 cm³/mol. The van der Waals surface area contributed by atoms with Crippen molar-refractivity contribution in [1.29, 1.82) is 0 Å². The third-order valence-corrected chi connectivity index (χ3v) is 5.55. The van der Waals surface area contributed by atoms with E-state index in [1.54, 1.807) is 6.26 Å². The molecule has 4 heterocycles. The number of ether oxygens (including phenoxy) is 1. The van der Waals surface area contributed by atoms with Crippen LogP contribution in [0.5, 0.6) is 0 Å². The van der Waals surface area contributed by atoms with Crippen LogP contribution in [0.4, 0.5) is 0 Å². The fraction of sp³-hybridized carbons (Fsp3) is 0.611. The summed E-state index contributed by atoms with van der Waals surface area (Å²) in [5.74, 6) is 2.60. The molecule has 3 aliphatic rings. The molecule has 0 spiro atoms. The molecule has 7 nitrogen and oxygen atoms in total. The van der Waals surface area contributed by atoms with Crippen LogP contribution in [-0.2, 0) is 4.74 Å². The number of aryl methyl sites for hydroxylation is 1. The number of rotatable bonds is 3. The topological polar surface area (TPSA) is 81.6 Å². The van der Waals surface area contributed by atoms with Crippen molar-refractivity contribution in [3.05, 3.63) is 35.4 Å². The summed E-state index contributed by atoms with van der Waals surface area (Å²) in [5, 5.41) is 8.34. The first-order chi connectivity index (χ1) is 12.2. The lowest BCUT2D eigenvalue weighted by atomic mass is 9.91. The summed E-state index contributed by atoms with van der Waals surface area (Å²) in [6.45, 7) is 3.20. The Morgan fingerprint density at radius 3 is 2.84 bits per heavy atom.